The van der Waals surface area contributed by atoms with Crippen LogP contribution in [-0.2, 0) is 12.0 Å². The number of fused-ring (bicyclic) bond motifs is 1. The topological polar surface area (TPSA) is 64.9 Å². The zero-order chi connectivity index (χ0) is 14.2. The first-order valence-electron chi connectivity index (χ1n) is 7.04. The Morgan fingerprint density at radius 2 is 2.10 bits per heavy atom. The number of benzene rings is 1. The van der Waals surface area contributed by atoms with Crippen molar-refractivity contribution in [1.82, 2.24) is 10.1 Å². The zero-order valence-corrected chi connectivity index (χ0v) is 12.6. The van der Waals surface area contributed by atoms with Crippen LogP contribution in [0, 0.1) is 0 Å². The number of hydrogen-bond acceptors (Lipinski definition) is 5. The average molecular weight is 289 g/mol. The Kier molecular flexibility index (Phi) is 3.56. The van der Waals surface area contributed by atoms with Crippen molar-refractivity contribution in [3.8, 4) is 0 Å². The fourth-order valence-corrected chi connectivity index (χ4v) is 3.68. The van der Waals surface area contributed by atoms with E-state index in [-0.39, 0.29) is 5.25 Å². The Morgan fingerprint density at radius 1 is 1.35 bits per heavy atom. The van der Waals surface area contributed by atoms with Crippen molar-refractivity contribution < 1.29 is 4.52 Å². The number of nitrogens with zero attached hydrogens (tertiary/aromatic N) is 2. The fourth-order valence-electron chi connectivity index (χ4n) is 2.45. The highest BCUT2D eigenvalue weighted by molar-refractivity contribution is 7.99. The molecular formula is C15H19N3OS. The van der Waals surface area contributed by atoms with Crippen molar-refractivity contribution in [1.29, 1.82) is 0 Å². The van der Waals surface area contributed by atoms with Crippen LogP contribution in [-0.4, -0.2) is 10.1 Å². The maximum Gasteiger partial charge on any atom is 0.240 e. The third kappa shape index (κ3) is 2.25. The summed E-state index contributed by atoms with van der Waals surface area (Å²) in [6, 6.07) is 8.43. The Balaban J connectivity index is 1.83. The van der Waals surface area contributed by atoms with Gasteiger partial charge in [-0.2, -0.15) is 4.98 Å². The minimum absolute atomic E-state index is 0.214. The minimum Gasteiger partial charge on any atom is -0.338 e. The van der Waals surface area contributed by atoms with E-state index in [1.54, 1.807) is 11.8 Å². The molecule has 0 saturated carbocycles. The van der Waals surface area contributed by atoms with Crippen molar-refractivity contribution in [2.24, 2.45) is 5.73 Å². The first-order valence-corrected chi connectivity index (χ1v) is 7.91. The first kappa shape index (κ1) is 13.6. The molecule has 20 heavy (non-hydrogen) atoms. The highest BCUT2D eigenvalue weighted by Crippen LogP contribution is 2.45. The summed E-state index contributed by atoms with van der Waals surface area (Å²) >= 11 is 1.79. The van der Waals surface area contributed by atoms with Gasteiger partial charge in [-0.15, -0.1) is 11.8 Å². The average Bonchev–Trinajstić information content (AvgIpc) is 3.12. The molecule has 0 aliphatic carbocycles. The molecular weight excluding hydrogens is 270 g/mol. The third-order valence-corrected chi connectivity index (χ3v) is 5.38. The summed E-state index contributed by atoms with van der Waals surface area (Å²) in [7, 11) is 0. The molecule has 2 N–H and O–H groups in total. The second-order valence-corrected chi connectivity index (χ2v) is 6.48. The number of aromatic nitrogens is 2. The van der Waals surface area contributed by atoms with E-state index in [0.29, 0.717) is 11.7 Å². The van der Waals surface area contributed by atoms with E-state index in [2.05, 4.69) is 48.3 Å². The standard InChI is InChI=1S/C15H19N3OS/c1-3-15(16,4-2)14-17-13(19-18-14)12-9-10-7-5-6-8-11(10)20-12/h5-8,12H,3-4,9,16H2,1-2H3. The number of hydrogen-bond donors (Lipinski definition) is 1. The van der Waals surface area contributed by atoms with Gasteiger partial charge in [-0.05, 0) is 30.9 Å². The molecule has 0 amide bonds. The van der Waals surface area contributed by atoms with Crippen LogP contribution in [0.4, 0.5) is 0 Å². The summed E-state index contributed by atoms with van der Waals surface area (Å²) in [5.41, 5.74) is 7.20. The van der Waals surface area contributed by atoms with Crippen LogP contribution in [0.15, 0.2) is 33.7 Å². The SMILES string of the molecule is CCC(N)(CC)c1noc(C2Cc3ccccc3S2)n1. The van der Waals surface area contributed by atoms with Crippen molar-refractivity contribution in [3.05, 3.63) is 41.5 Å². The van der Waals surface area contributed by atoms with Crippen LogP contribution in [0.25, 0.3) is 0 Å². The second-order valence-electron chi connectivity index (χ2n) is 5.24. The van der Waals surface area contributed by atoms with Crippen LogP contribution in [0.5, 0.6) is 0 Å². The van der Waals surface area contributed by atoms with Crippen molar-refractivity contribution in [3.63, 3.8) is 0 Å². The quantitative estimate of drug-likeness (QED) is 0.934. The largest absolute Gasteiger partial charge is 0.338 e. The lowest BCUT2D eigenvalue weighted by Crippen LogP contribution is -2.36. The lowest BCUT2D eigenvalue weighted by atomic mass is 9.93. The van der Waals surface area contributed by atoms with Gasteiger partial charge in [0.1, 0.15) is 0 Å². The molecule has 2 aromatic rings. The van der Waals surface area contributed by atoms with E-state index < -0.39 is 5.54 Å². The third-order valence-electron chi connectivity index (χ3n) is 4.07. The van der Waals surface area contributed by atoms with Crippen LogP contribution < -0.4 is 5.73 Å². The molecule has 0 saturated heterocycles. The molecule has 0 spiro atoms. The molecule has 1 atom stereocenters. The van der Waals surface area contributed by atoms with Gasteiger partial charge >= 0.3 is 0 Å². The molecule has 0 fully saturated rings. The summed E-state index contributed by atoms with van der Waals surface area (Å²) < 4.78 is 5.47. The normalized spacial score (nSPS) is 18.2. The highest BCUT2D eigenvalue weighted by atomic mass is 32.2. The first-order chi connectivity index (χ1) is 9.66. The van der Waals surface area contributed by atoms with Gasteiger partial charge in [-0.25, -0.2) is 0 Å². The van der Waals surface area contributed by atoms with Crippen LogP contribution in [0.3, 0.4) is 0 Å². The summed E-state index contributed by atoms with van der Waals surface area (Å²) in [4.78, 5) is 5.87. The predicted molar refractivity (Wildman–Crippen MR) is 79.5 cm³/mol. The van der Waals surface area contributed by atoms with E-state index in [1.807, 2.05) is 0 Å². The Labute approximate surface area is 123 Å². The van der Waals surface area contributed by atoms with Crippen molar-refractivity contribution >= 4 is 11.8 Å². The smallest absolute Gasteiger partial charge is 0.240 e. The van der Waals surface area contributed by atoms with E-state index >= 15 is 0 Å². The summed E-state index contributed by atoms with van der Waals surface area (Å²) in [5, 5.41) is 4.33. The molecule has 0 bridgehead atoms. The van der Waals surface area contributed by atoms with Gasteiger partial charge in [-0.1, -0.05) is 37.2 Å². The molecule has 3 rings (SSSR count). The Hall–Kier alpha value is -1.33. The molecule has 0 radical (unpaired) electrons. The van der Waals surface area contributed by atoms with E-state index in [9.17, 15) is 0 Å². The molecule has 4 nitrogen and oxygen atoms in total. The van der Waals surface area contributed by atoms with Crippen molar-refractivity contribution in [2.75, 3.05) is 0 Å². The molecule has 1 aliphatic rings. The monoisotopic (exact) mass is 289 g/mol. The van der Waals surface area contributed by atoms with Gasteiger partial charge in [0, 0.05) is 4.90 Å². The molecule has 1 aromatic carbocycles. The predicted octanol–water partition coefficient (Wildman–Crippen LogP) is 3.43. The number of nitrogens with two attached hydrogens (primary N) is 1. The molecule has 2 heterocycles. The molecule has 5 heteroatoms. The summed E-state index contributed by atoms with van der Waals surface area (Å²) in [6.07, 6.45) is 2.55. The van der Waals surface area contributed by atoms with Crippen LogP contribution in [0.1, 0.15) is 49.2 Å². The van der Waals surface area contributed by atoms with Gasteiger partial charge in [0.05, 0.1) is 10.8 Å². The highest BCUT2D eigenvalue weighted by Gasteiger charge is 2.33. The van der Waals surface area contributed by atoms with Gasteiger partial charge in [0.25, 0.3) is 0 Å². The van der Waals surface area contributed by atoms with E-state index in [0.717, 1.165) is 19.3 Å². The van der Waals surface area contributed by atoms with Crippen LogP contribution in [0.2, 0.25) is 0 Å². The second kappa shape index (κ2) is 5.22. The van der Waals surface area contributed by atoms with E-state index in [4.69, 9.17) is 10.3 Å². The zero-order valence-electron chi connectivity index (χ0n) is 11.8. The number of thioether (sulfide) groups is 1. The molecule has 1 unspecified atom stereocenters. The Morgan fingerprint density at radius 3 is 2.80 bits per heavy atom. The summed E-state index contributed by atoms with van der Waals surface area (Å²) in [6.45, 7) is 4.11. The van der Waals surface area contributed by atoms with Gasteiger partial charge < -0.3 is 10.3 Å². The Bertz CT molecular complexity index is 582. The van der Waals surface area contributed by atoms with Gasteiger partial charge in [0.2, 0.25) is 5.89 Å². The fraction of sp³-hybridized carbons (Fsp3) is 0.467. The lowest BCUT2D eigenvalue weighted by Gasteiger charge is -2.21. The molecule has 106 valence electrons. The van der Waals surface area contributed by atoms with Crippen molar-refractivity contribution in [2.45, 2.75) is 48.8 Å². The van der Waals surface area contributed by atoms with E-state index in [1.165, 1.54) is 10.5 Å². The maximum atomic E-state index is 6.32. The minimum atomic E-state index is -0.474. The van der Waals surface area contributed by atoms with Gasteiger partial charge in [-0.3, -0.25) is 0 Å². The van der Waals surface area contributed by atoms with Crippen LogP contribution >= 0.6 is 11.8 Å². The van der Waals surface area contributed by atoms with Gasteiger partial charge in [0.15, 0.2) is 5.82 Å². The number of rotatable bonds is 4. The lowest BCUT2D eigenvalue weighted by molar-refractivity contribution is 0.335. The molecule has 1 aliphatic heterocycles. The summed E-state index contributed by atoms with van der Waals surface area (Å²) in [5.74, 6) is 1.33. The molecule has 1 aromatic heterocycles. The maximum absolute atomic E-state index is 6.32.